The van der Waals surface area contributed by atoms with Gasteiger partial charge in [-0.05, 0) is 37.1 Å². The highest BCUT2D eigenvalue weighted by Gasteiger charge is 2.31. The summed E-state index contributed by atoms with van der Waals surface area (Å²) >= 11 is 12.1. The molecular weight excluding hydrogens is 257 g/mol. The SMILES string of the molecule is O=C(c1cc(Cl)c2ccc(Cl)cc2n1)C1CC1. The zero-order valence-corrected chi connectivity index (χ0v) is 10.4. The predicted molar refractivity (Wildman–Crippen MR) is 68.8 cm³/mol. The molecule has 0 amide bonds. The summed E-state index contributed by atoms with van der Waals surface area (Å²) in [6, 6.07) is 6.96. The van der Waals surface area contributed by atoms with Crippen molar-refractivity contribution in [1.29, 1.82) is 0 Å². The quantitative estimate of drug-likeness (QED) is 0.765. The Hall–Kier alpha value is -1.12. The fraction of sp³-hybridized carbons (Fsp3) is 0.231. The molecule has 86 valence electrons. The Morgan fingerprint density at radius 1 is 1.24 bits per heavy atom. The Kier molecular flexibility index (Phi) is 2.57. The largest absolute Gasteiger partial charge is 0.292 e. The second-order valence-electron chi connectivity index (χ2n) is 4.29. The van der Waals surface area contributed by atoms with Crippen LogP contribution in [0.5, 0.6) is 0 Å². The standard InChI is InChI=1S/C13H9Cl2NO/c14-8-3-4-9-10(15)6-12(16-11(9)5-8)13(17)7-1-2-7/h3-7H,1-2H2. The number of carbonyl (C=O) groups excluding carboxylic acids is 1. The molecule has 1 fully saturated rings. The average molecular weight is 266 g/mol. The number of fused-ring (bicyclic) bond motifs is 1. The van der Waals surface area contributed by atoms with Crippen LogP contribution in [0.1, 0.15) is 23.3 Å². The van der Waals surface area contributed by atoms with Crippen LogP contribution >= 0.6 is 23.2 Å². The van der Waals surface area contributed by atoms with Gasteiger partial charge in [0.1, 0.15) is 5.69 Å². The van der Waals surface area contributed by atoms with Gasteiger partial charge < -0.3 is 0 Å². The summed E-state index contributed by atoms with van der Waals surface area (Å²) in [7, 11) is 0. The van der Waals surface area contributed by atoms with Crippen molar-refractivity contribution < 1.29 is 4.79 Å². The van der Waals surface area contributed by atoms with Crippen LogP contribution in [0.25, 0.3) is 10.9 Å². The van der Waals surface area contributed by atoms with E-state index < -0.39 is 0 Å². The minimum absolute atomic E-state index is 0.0915. The van der Waals surface area contributed by atoms with E-state index in [0.717, 1.165) is 18.2 Å². The molecule has 0 unspecified atom stereocenters. The number of hydrogen-bond acceptors (Lipinski definition) is 2. The van der Waals surface area contributed by atoms with Crippen molar-refractivity contribution in [3.63, 3.8) is 0 Å². The zero-order chi connectivity index (χ0) is 12.0. The molecule has 1 saturated carbocycles. The first kappa shape index (κ1) is 11.0. The van der Waals surface area contributed by atoms with Gasteiger partial charge in [0.15, 0.2) is 5.78 Å². The van der Waals surface area contributed by atoms with Crippen LogP contribution in [-0.4, -0.2) is 10.8 Å². The molecule has 1 aromatic heterocycles. The number of carbonyl (C=O) groups is 1. The summed E-state index contributed by atoms with van der Waals surface area (Å²) in [5, 5.41) is 1.97. The van der Waals surface area contributed by atoms with Gasteiger partial charge in [0.05, 0.1) is 10.5 Å². The third kappa shape index (κ3) is 2.03. The maximum absolute atomic E-state index is 11.9. The Labute approximate surface area is 109 Å². The second-order valence-corrected chi connectivity index (χ2v) is 5.13. The molecule has 3 rings (SSSR count). The minimum atomic E-state index is 0.0915. The van der Waals surface area contributed by atoms with Crippen molar-refractivity contribution in [2.75, 3.05) is 0 Å². The molecule has 2 nitrogen and oxygen atoms in total. The third-order valence-electron chi connectivity index (χ3n) is 2.92. The van der Waals surface area contributed by atoms with Crippen molar-refractivity contribution in [2.24, 2.45) is 5.92 Å². The Bertz CT molecular complexity index is 620. The molecule has 0 saturated heterocycles. The fourth-order valence-corrected chi connectivity index (χ4v) is 2.27. The van der Waals surface area contributed by atoms with Gasteiger partial charge in [-0.15, -0.1) is 0 Å². The molecule has 0 aliphatic heterocycles. The summed E-state index contributed by atoms with van der Waals surface area (Å²) < 4.78 is 0. The molecule has 1 aromatic carbocycles. The van der Waals surface area contributed by atoms with Crippen molar-refractivity contribution in [2.45, 2.75) is 12.8 Å². The summed E-state index contributed by atoms with van der Waals surface area (Å²) in [6.45, 7) is 0. The Morgan fingerprint density at radius 2 is 2.00 bits per heavy atom. The van der Waals surface area contributed by atoms with Crippen LogP contribution in [0.4, 0.5) is 0 Å². The summed E-state index contributed by atoms with van der Waals surface area (Å²) in [4.78, 5) is 16.3. The molecule has 0 bridgehead atoms. The molecule has 4 heteroatoms. The number of nitrogens with zero attached hydrogens (tertiary/aromatic N) is 1. The number of rotatable bonds is 2. The van der Waals surface area contributed by atoms with E-state index in [1.54, 1.807) is 18.2 Å². The van der Waals surface area contributed by atoms with Crippen LogP contribution in [0.2, 0.25) is 10.0 Å². The number of benzene rings is 1. The first-order valence-electron chi connectivity index (χ1n) is 5.45. The maximum Gasteiger partial charge on any atom is 0.184 e. The van der Waals surface area contributed by atoms with E-state index in [4.69, 9.17) is 23.2 Å². The molecule has 1 aliphatic carbocycles. The topological polar surface area (TPSA) is 30.0 Å². The molecule has 2 aromatic rings. The third-order valence-corrected chi connectivity index (χ3v) is 3.47. The number of pyridine rings is 1. The fourth-order valence-electron chi connectivity index (χ4n) is 1.84. The van der Waals surface area contributed by atoms with Crippen LogP contribution < -0.4 is 0 Å². The van der Waals surface area contributed by atoms with E-state index in [-0.39, 0.29) is 11.7 Å². The van der Waals surface area contributed by atoms with E-state index in [0.29, 0.717) is 21.3 Å². The van der Waals surface area contributed by atoms with Crippen molar-refractivity contribution in [3.05, 3.63) is 40.0 Å². The Morgan fingerprint density at radius 3 is 2.71 bits per heavy atom. The summed E-state index contributed by atoms with van der Waals surface area (Å²) in [5.74, 6) is 0.240. The van der Waals surface area contributed by atoms with Crippen molar-refractivity contribution in [1.82, 2.24) is 4.98 Å². The lowest BCUT2D eigenvalue weighted by Crippen LogP contribution is -2.04. The van der Waals surface area contributed by atoms with Gasteiger partial charge in [-0.3, -0.25) is 4.79 Å². The molecule has 1 aliphatic rings. The van der Waals surface area contributed by atoms with E-state index in [2.05, 4.69) is 4.98 Å². The van der Waals surface area contributed by atoms with E-state index in [1.165, 1.54) is 0 Å². The molecule has 0 N–H and O–H groups in total. The van der Waals surface area contributed by atoms with Crippen molar-refractivity contribution in [3.8, 4) is 0 Å². The molecular formula is C13H9Cl2NO. The highest BCUT2D eigenvalue weighted by atomic mass is 35.5. The monoisotopic (exact) mass is 265 g/mol. The van der Waals surface area contributed by atoms with Crippen LogP contribution in [0, 0.1) is 5.92 Å². The van der Waals surface area contributed by atoms with E-state index in [1.807, 2.05) is 6.07 Å². The van der Waals surface area contributed by atoms with Gasteiger partial charge in [0, 0.05) is 16.3 Å². The Balaban J connectivity index is 2.17. The number of halogens is 2. The summed E-state index contributed by atoms with van der Waals surface area (Å²) in [6.07, 6.45) is 1.93. The predicted octanol–water partition coefficient (Wildman–Crippen LogP) is 4.13. The number of aromatic nitrogens is 1. The van der Waals surface area contributed by atoms with Crippen molar-refractivity contribution >= 4 is 39.9 Å². The maximum atomic E-state index is 11.9. The molecule has 0 atom stereocenters. The molecule has 17 heavy (non-hydrogen) atoms. The van der Waals surface area contributed by atoms with Gasteiger partial charge in [0.2, 0.25) is 0 Å². The van der Waals surface area contributed by atoms with Crippen LogP contribution in [0.3, 0.4) is 0 Å². The zero-order valence-electron chi connectivity index (χ0n) is 8.91. The van der Waals surface area contributed by atoms with Crippen LogP contribution in [-0.2, 0) is 0 Å². The van der Waals surface area contributed by atoms with Gasteiger partial charge in [0.25, 0.3) is 0 Å². The molecule has 0 spiro atoms. The average Bonchev–Trinajstić information content (AvgIpc) is 3.11. The second kappa shape index (κ2) is 3.97. The normalized spacial score (nSPS) is 15.2. The number of ketones is 1. The lowest BCUT2D eigenvalue weighted by molar-refractivity contribution is 0.0963. The lowest BCUT2D eigenvalue weighted by Gasteiger charge is -2.04. The minimum Gasteiger partial charge on any atom is -0.292 e. The van der Waals surface area contributed by atoms with Gasteiger partial charge >= 0.3 is 0 Å². The highest BCUT2D eigenvalue weighted by Crippen LogP contribution is 2.34. The lowest BCUT2D eigenvalue weighted by atomic mass is 10.1. The number of Topliss-reactive ketones (excluding diaryl/α,β-unsaturated/α-hetero) is 1. The van der Waals surface area contributed by atoms with E-state index in [9.17, 15) is 4.79 Å². The number of hydrogen-bond donors (Lipinski definition) is 0. The highest BCUT2D eigenvalue weighted by molar-refractivity contribution is 6.36. The molecule has 1 heterocycles. The molecule has 0 radical (unpaired) electrons. The first-order valence-corrected chi connectivity index (χ1v) is 6.21. The van der Waals surface area contributed by atoms with Gasteiger partial charge in [-0.2, -0.15) is 0 Å². The van der Waals surface area contributed by atoms with E-state index >= 15 is 0 Å². The van der Waals surface area contributed by atoms with Gasteiger partial charge in [-0.25, -0.2) is 4.98 Å². The van der Waals surface area contributed by atoms with Gasteiger partial charge in [-0.1, -0.05) is 23.2 Å². The first-order chi connectivity index (χ1) is 8.15. The summed E-state index contributed by atoms with van der Waals surface area (Å²) in [5.41, 5.74) is 1.13. The smallest absolute Gasteiger partial charge is 0.184 e. The van der Waals surface area contributed by atoms with Crippen LogP contribution in [0.15, 0.2) is 24.3 Å².